The van der Waals surface area contributed by atoms with Crippen LogP contribution >= 0.6 is 0 Å². The van der Waals surface area contributed by atoms with Crippen LogP contribution in [-0.4, -0.2) is 0 Å². The minimum absolute atomic E-state index is 0.741. The second-order valence-electron chi connectivity index (χ2n) is 16.4. The summed E-state index contributed by atoms with van der Waals surface area (Å²) in [5.41, 5.74) is 12.6. The summed E-state index contributed by atoms with van der Waals surface area (Å²) in [5.74, 6) is 0.741. The van der Waals surface area contributed by atoms with Gasteiger partial charge in [0.15, 0.2) is 11.2 Å². The Labute approximate surface area is 372 Å². The number of para-hydroxylation sites is 5. The molecule has 0 radical (unpaired) electrons. The van der Waals surface area contributed by atoms with Crippen molar-refractivity contribution in [3.05, 3.63) is 206 Å². The topological polar surface area (TPSA) is 59.0 Å². The van der Waals surface area contributed by atoms with Gasteiger partial charge in [0.1, 0.15) is 33.7 Å². The third-order valence-electron chi connectivity index (χ3n) is 12.7. The molecule has 4 heterocycles. The molecular formula is C59H38N2O4. The Balaban J connectivity index is 0.920. The van der Waals surface area contributed by atoms with Crippen LogP contribution in [0.4, 0.5) is 34.1 Å². The maximum absolute atomic E-state index is 6.71. The van der Waals surface area contributed by atoms with Gasteiger partial charge in [0.25, 0.3) is 0 Å². The van der Waals surface area contributed by atoms with Gasteiger partial charge in [-0.1, -0.05) is 97.6 Å². The average Bonchev–Trinajstić information content (AvgIpc) is 4.11. The number of hydrogen-bond acceptors (Lipinski definition) is 6. The molecule has 13 aromatic rings. The van der Waals surface area contributed by atoms with Gasteiger partial charge in [0, 0.05) is 66.8 Å². The monoisotopic (exact) mass is 838 g/mol. The number of nitrogens with zero attached hydrogens (tertiary/aromatic N) is 2. The molecule has 13 rings (SSSR count). The molecule has 0 saturated carbocycles. The fourth-order valence-corrected chi connectivity index (χ4v) is 9.77. The molecule has 0 bridgehead atoms. The highest BCUT2D eigenvalue weighted by molar-refractivity contribution is 6.16. The second kappa shape index (κ2) is 14.4. The van der Waals surface area contributed by atoms with Crippen LogP contribution in [0.25, 0.3) is 99.7 Å². The molecule has 0 saturated heterocycles. The highest BCUT2D eigenvalue weighted by Crippen LogP contribution is 2.46. The quantitative estimate of drug-likeness (QED) is 0.152. The van der Waals surface area contributed by atoms with Gasteiger partial charge in [-0.2, -0.15) is 0 Å². The molecule has 6 nitrogen and oxygen atoms in total. The van der Waals surface area contributed by atoms with E-state index in [0.717, 1.165) is 133 Å². The Morgan fingerprint density at radius 3 is 1.46 bits per heavy atom. The van der Waals surface area contributed by atoms with Crippen LogP contribution in [0.3, 0.4) is 0 Å². The summed E-state index contributed by atoms with van der Waals surface area (Å²) in [4.78, 5) is 4.47. The molecule has 4 aromatic heterocycles. The number of anilines is 6. The van der Waals surface area contributed by atoms with Gasteiger partial charge in [-0.25, -0.2) is 0 Å². The van der Waals surface area contributed by atoms with E-state index in [1.807, 2.05) is 37.3 Å². The second-order valence-corrected chi connectivity index (χ2v) is 16.4. The predicted octanol–water partition coefficient (Wildman–Crippen LogP) is 17.9. The van der Waals surface area contributed by atoms with Crippen molar-refractivity contribution in [1.29, 1.82) is 0 Å². The molecule has 0 spiro atoms. The highest BCUT2D eigenvalue weighted by atomic mass is 16.3. The minimum atomic E-state index is 0.741. The van der Waals surface area contributed by atoms with Gasteiger partial charge in [-0.15, -0.1) is 0 Å². The summed E-state index contributed by atoms with van der Waals surface area (Å²) in [5, 5.41) is 9.55. The van der Waals surface area contributed by atoms with Crippen LogP contribution in [0.2, 0.25) is 0 Å². The smallest absolute Gasteiger partial charge is 0.159 e. The zero-order chi connectivity index (χ0) is 43.2. The summed E-state index contributed by atoms with van der Waals surface area (Å²) in [6.45, 7) is 6.05. The Morgan fingerprint density at radius 1 is 0.385 bits per heavy atom. The summed E-state index contributed by atoms with van der Waals surface area (Å²) in [6, 6.07) is 63.3. The first-order valence-corrected chi connectivity index (χ1v) is 21.8. The van der Waals surface area contributed by atoms with Crippen molar-refractivity contribution < 1.29 is 17.7 Å². The van der Waals surface area contributed by atoms with E-state index in [0.29, 0.717) is 0 Å². The van der Waals surface area contributed by atoms with Gasteiger partial charge in [-0.3, -0.25) is 0 Å². The van der Waals surface area contributed by atoms with Crippen molar-refractivity contribution in [1.82, 2.24) is 0 Å². The Hall–Kier alpha value is -8.74. The average molecular weight is 839 g/mol. The van der Waals surface area contributed by atoms with E-state index in [2.05, 4.69) is 180 Å². The number of furan rings is 4. The normalized spacial score (nSPS) is 12.1. The molecule has 0 atom stereocenters. The number of hydrogen-bond donors (Lipinski definition) is 0. The van der Waals surface area contributed by atoms with Gasteiger partial charge in [-0.05, 0) is 115 Å². The van der Waals surface area contributed by atoms with Gasteiger partial charge < -0.3 is 27.5 Å². The molecule has 0 N–H and O–H groups in total. The van der Waals surface area contributed by atoms with Gasteiger partial charge >= 0.3 is 0 Å². The Bertz CT molecular complexity index is 4060. The molecule has 0 aliphatic heterocycles. The standard InChI is InChI=1S/C59H38N2O4/c1-3-15-42-46-21-13-23-50(58(46)64-52(42)4-2)60(38-16-7-5-8-17-38)40-26-28-44-48-30-36-31-49-45-29-27-41(35-57(45)63-55(49)33-37(36)32-54(48)62-56(44)34-40)61(39-18-9-6-10-19-39)51-24-14-22-47-43-20-11-12-25-53(43)65-59(47)51/h3-35H,2H2,1H3/b15-3-. The van der Waals surface area contributed by atoms with Crippen molar-refractivity contribution in [2.75, 3.05) is 9.80 Å². The van der Waals surface area contributed by atoms with Crippen LogP contribution in [0.15, 0.2) is 212 Å². The molecule has 0 unspecified atom stereocenters. The number of rotatable bonds is 8. The summed E-state index contributed by atoms with van der Waals surface area (Å²) >= 11 is 0. The van der Waals surface area contributed by atoms with Crippen LogP contribution in [0.5, 0.6) is 0 Å². The summed E-state index contributed by atoms with van der Waals surface area (Å²) in [6.07, 6.45) is 5.88. The zero-order valence-electron chi connectivity index (χ0n) is 35.3. The molecule has 0 aliphatic carbocycles. The Kier molecular flexibility index (Phi) is 8.17. The Morgan fingerprint density at radius 2 is 0.877 bits per heavy atom. The number of fused-ring (bicyclic) bond motifs is 11. The highest BCUT2D eigenvalue weighted by Gasteiger charge is 2.23. The molecular weight excluding hydrogens is 801 g/mol. The predicted molar refractivity (Wildman–Crippen MR) is 270 cm³/mol. The summed E-state index contributed by atoms with van der Waals surface area (Å²) in [7, 11) is 0. The molecule has 6 heteroatoms. The summed E-state index contributed by atoms with van der Waals surface area (Å²) < 4.78 is 26.5. The van der Waals surface area contributed by atoms with Gasteiger partial charge in [0.05, 0.1) is 22.7 Å². The molecule has 308 valence electrons. The zero-order valence-corrected chi connectivity index (χ0v) is 35.3. The van der Waals surface area contributed by atoms with Crippen molar-refractivity contribution in [2.45, 2.75) is 6.92 Å². The molecule has 0 amide bonds. The first-order chi connectivity index (χ1) is 32.1. The SMILES string of the molecule is C=Cc1oc2c(N(c3ccccc3)c3ccc4c(c3)oc3cc5cc6oc7cc(N(c8ccccc8)c8cccc9c8oc8ccccc89)ccc7c6cc5cc34)cccc2c1/C=C\C. The third-order valence-corrected chi connectivity index (χ3v) is 12.7. The van der Waals surface area contributed by atoms with Crippen LogP contribution in [0.1, 0.15) is 18.2 Å². The molecule has 0 aliphatic rings. The molecule has 9 aromatic carbocycles. The van der Waals surface area contributed by atoms with E-state index >= 15 is 0 Å². The molecule has 65 heavy (non-hydrogen) atoms. The lowest BCUT2D eigenvalue weighted by molar-refractivity contribution is 0.604. The van der Waals surface area contributed by atoms with Crippen LogP contribution < -0.4 is 9.80 Å². The first kappa shape index (κ1) is 36.9. The van der Waals surface area contributed by atoms with E-state index in [1.165, 1.54) is 0 Å². The first-order valence-electron chi connectivity index (χ1n) is 21.8. The van der Waals surface area contributed by atoms with Crippen molar-refractivity contribution >= 4 is 134 Å². The number of allylic oxidation sites excluding steroid dienone is 1. The fraction of sp³-hybridized carbons (Fsp3) is 0.0169. The largest absolute Gasteiger partial charge is 0.456 e. The molecule has 0 fully saturated rings. The van der Waals surface area contributed by atoms with Crippen molar-refractivity contribution in [3.8, 4) is 0 Å². The third kappa shape index (κ3) is 5.74. The van der Waals surface area contributed by atoms with E-state index in [9.17, 15) is 0 Å². The van der Waals surface area contributed by atoms with E-state index < -0.39 is 0 Å². The maximum atomic E-state index is 6.71. The lowest BCUT2D eigenvalue weighted by Gasteiger charge is -2.25. The van der Waals surface area contributed by atoms with E-state index in [4.69, 9.17) is 17.7 Å². The fourth-order valence-electron chi connectivity index (χ4n) is 9.77. The van der Waals surface area contributed by atoms with E-state index in [-0.39, 0.29) is 0 Å². The van der Waals surface area contributed by atoms with Crippen LogP contribution in [0, 0.1) is 0 Å². The van der Waals surface area contributed by atoms with Crippen molar-refractivity contribution in [3.63, 3.8) is 0 Å². The number of benzene rings is 9. The van der Waals surface area contributed by atoms with Gasteiger partial charge in [0.2, 0.25) is 0 Å². The minimum Gasteiger partial charge on any atom is -0.456 e. The maximum Gasteiger partial charge on any atom is 0.159 e. The van der Waals surface area contributed by atoms with E-state index in [1.54, 1.807) is 6.08 Å². The lowest BCUT2D eigenvalue weighted by Crippen LogP contribution is -2.10. The van der Waals surface area contributed by atoms with Crippen LogP contribution in [-0.2, 0) is 0 Å². The lowest BCUT2D eigenvalue weighted by atomic mass is 10.0. The van der Waals surface area contributed by atoms with Crippen molar-refractivity contribution in [2.24, 2.45) is 0 Å².